The summed E-state index contributed by atoms with van der Waals surface area (Å²) in [5, 5.41) is 9.15. The van der Waals surface area contributed by atoms with Gasteiger partial charge >= 0.3 is 0 Å². The first-order valence-corrected chi connectivity index (χ1v) is 6.92. The Hall–Kier alpha value is -2.40. The third-order valence-electron chi connectivity index (χ3n) is 3.70. The second kappa shape index (κ2) is 5.54. The van der Waals surface area contributed by atoms with Crippen LogP contribution in [0.15, 0.2) is 47.3 Å². The van der Waals surface area contributed by atoms with Crippen molar-refractivity contribution >= 4 is 11.6 Å². The standard InChI is InChI=1S/C16H16N2O3/c19-11-10-17-8-9-18-14(20)7-6-13(16(17)18)15(21)12-4-2-1-3-5-12/h1-7,19H,8-11H2. The summed E-state index contributed by atoms with van der Waals surface area (Å²) in [5.41, 5.74) is 0.983. The highest BCUT2D eigenvalue weighted by atomic mass is 16.3. The number of ketones is 1. The zero-order chi connectivity index (χ0) is 14.8. The minimum Gasteiger partial charge on any atom is -0.395 e. The molecule has 2 heterocycles. The highest BCUT2D eigenvalue weighted by Gasteiger charge is 2.26. The number of β-amino-alcohol motifs (C(OH)–C–C–N with tert-alkyl or cyclic N) is 1. The Bertz CT molecular complexity index is 722. The van der Waals surface area contributed by atoms with Crippen molar-refractivity contribution in [3.05, 3.63) is 63.9 Å². The molecule has 0 atom stereocenters. The van der Waals surface area contributed by atoms with Crippen LogP contribution in [0.25, 0.3) is 0 Å². The van der Waals surface area contributed by atoms with Gasteiger partial charge in [-0.05, 0) is 6.07 Å². The van der Waals surface area contributed by atoms with Crippen molar-refractivity contribution in [3.63, 3.8) is 0 Å². The van der Waals surface area contributed by atoms with E-state index in [9.17, 15) is 9.59 Å². The maximum atomic E-state index is 12.7. The van der Waals surface area contributed by atoms with Crippen molar-refractivity contribution < 1.29 is 9.90 Å². The number of hydrogen-bond acceptors (Lipinski definition) is 4. The monoisotopic (exact) mass is 284 g/mol. The smallest absolute Gasteiger partial charge is 0.252 e. The third kappa shape index (κ3) is 2.36. The van der Waals surface area contributed by atoms with Crippen molar-refractivity contribution in [2.24, 2.45) is 0 Å². The Morgan fingerprint density at radius 2 is 1.86 bits per heavy atom. The zero-order valence-corrected chi connectivity index (χ0v) is 11.5. The Morgan fingerprint density at radius 1 is 1.10 bits per heavy atom. The minimum atomic E-state index is -0.116. The fraction of sp³-hybridized carbons (Fsp3) is 0.250. The van der Waals surface area contributed by atoms with Crippen LogP contribution in [0.2, 0.25) is 0 Å². The average molecular weight is 284 g/mol. The molecule has 0 aliphatic carbocycles. The molecule has 1 aliphatic rings. The minimum absolute atomic E-state index is 0.0119. The van der Waals surface area contributed by atoms with Crippen molar-refractivity contribution in [1.29, 1.82) is 0 Å². The molecular weight excluding hydrogens is 268 g/mol. The van der Waals surface area contributed by atoms with Crippen molar-refractivity contribution in [3.8, 4) is 0 Å². The van der Waals surface area contributed by atoms with Crippen LogP contribution < -0.4 is 10.5 Å². The van der Waals surface area contributed by atoms with E-state index in [1.54, 1.807) is 22.8 Å². The van der Waals surface area contributed by atoms with Crippen LogP contribution in [0.5, 0.6) is 0 Å². The lowest BCUT2D eigenvalue weighted by Crippen LogP contribution is -2.27. The van der Waals surface area contributed by atoms with E-state index in [1.807, 2.05) is 23.1 Å². The molecule has 5 nitrogen and oxygen atoms in total. The van der Waals surface area contributed by atoms with Gasteiger partial charge in [0.1, 0.15) is 5.82 Å². The van der Waals surface area contributed by atoms with E-state index in [2.05, 4.69) is 0 Å². The Labute approximate surface area is 122 Å². The first-order chi connectivity index (χ1) is 10.2. The lowest BCUT2D eigenvalue weighted by atomic mass is 10.0. The molecule has 1 aliphatic heterocycles. The summed E-state index contributed by atoms with van der Waals surface area (Å²) in [4.78, 5) is 26.5. The number of nitrogens with zero attached hydrogens (tertiary/aromatic N) is 2. The zero-order valence-electron chi connectivity index (χ0n) is 11.5. The van der Waals surface area contributed by atoms with E-state index >= 15 is 0 Å². The van der Waals surface area contributed by atoms with Crippen molar-refractivity contribution in [2.45, 2.75) is 6.54 Å². The summed E-state index contributed by atoms with van der Waals surface area (Å²) in [6, 6.07) is 12.0. The molecule has 5 heteroatoms. The number of benzene rings is 1. The number of pyridine rings is 1. The molecule has 0 fully saturated rings. The normalized spacial score (nSPS) is 13.3. The number of rotatable bonds is 4. The molecule has 1 aromatic carbocycles. The van der Waals surface area contributed by atoms with Crippen LogP contribution in [0.3, 0.4) is 0 Å². The molecule has 0 spiro atoms. The molecule has 3 rings (SSSR count). The SMILES string of the molecule is O=C(c1ccccc1)c1ccc(=O)n2c1N(CCO)CC2. The number of carbonyl (C=O) groups excluding carboxylic acids is 1. The van der Waals surface area contributed by atoms with E-state index in [0.29, 0.717) is 36.6 Å². The van der Waals surface area contributed by atoms with Crippen LogP contribution >= 0.6 is 0 Å². The van der Waals surface area contributed by atoms with Crippen molar-refractivity contribution in [2.75, 3.05) is 24.6 Å². The molecule has 1 aromatic heterocycles. The van der Waals surface area contributed by atoms with Gasteiger partial charge in [-0.3, -0.25) is 14.2 Å². The number of aromatic nitrogens is 1. The second-order valence-corrected chi connectivity index (χ2v) is 4.97. The number of aliphatic hydroxyl groups excluding tert-OH is 1. The quantitative estimate of drug-likeness (QED) is 0.847. The Kier molecular flexibility index (Phi) is 3.58. The summed E-state index contributed by atoms with van der Waals surface area (Å²) >= 11 is 0. The van der Waals surface area contributed by atoms with Gasteiger partial charge in [0.05, 0.1) is 12.2 Å². The molecule has 0 bridgehead atoms. The van der Waals surface area contributed by atoms with Crippen molar-refractivity contribution in [1.82, 2.24) is 4.57 Å². The van der Waals surface area contributed by atoms with Gasteiger partial charge in [-0.25, -0.2) is 0 Å². The number of anilines is 1. The molecule has 0 radical (unpaired) electrons. The molecule has 21 heavy (non-hydrogen) atoms. The van der Waals surface area contributed by atoms with E-state index in [4.69, 9.17) is 5.11 Å². The maximum absolute atomic E-state index is 12.7. The number of fused-ring (bicyclic) bond motifs is 1. The highest BCUT2D eigenvalue weighted by molar-refractivity contribution is 6.12. The Morgan fingerprint density at radius 3 is 2.57 bits per heavy atom. The van der Waals surface area contributed by atoms with E-state index < -0.39 is 0 Å². The molecule has 0 amide bonds. The number of aliphatic hydroxyl groups is 1. The maximum Gasteiger partial charge on any atom is 0.252 e. The van der Waals surface area contributed by atoms with Gasteiger partial charge in [-0.15, -0.1) is 0 Å². The van der Waals surface area contributed by atoms with E-state index in [1.165, 1.54) is 6.07 Å². The first-order valence-electron chi connectivity index (χ1n) is 6.92. The van der Waals surface area contributed by atoms with Crippen LogP contribution in [-0.2, 0) is 6.54 Å². The molecule has 1 N–H and O–H groups in total. The highest BCUT2D eigenvalue weighted by Crippen LogP contribution is 2.25. The van der Waals surface area contributed by atoms with Gasteiger partial charge in [0.15, 0.2) is 5.78 Å². The lowest BCUT2D eigenvalue weighted by Gasteiger charge is -2.19. The molecular formula is C16H16N2O3. The van der Waals surface area contributed by atoms with Gasteiger partial charge < -0.3 is 10.0 Å². The van der Waals surface area contributed by atoms with Crippen LogP contribution in [0.4, 0.5) is 5.82 Å². The largest absolute Gasteiger partial charge is 0.395 e. The third-order valence-corrected chi connectivity index (χ3v) is 3.70. The summed E-state index contributed by atoms with van der Waals surface area (Å²) < 4.78 is 1.60. The molecule has 0 unspecified atom stereocenters. The predicted octanol–water partition coefficient (Wildman–Crippen LogP) is 0.892. The summed E-state index contributed by atoms with van der Waals surface area (Å²) in [7, 11) is 0. The first kappa shape index (κ1) is 13.6. The molecule has 0 saturated heterocycles. The predicted molar refractivity (Wildman–Crippen MR) is 79.9 cm³/mol. The van der Waals surface area contributed by atoms with Gasteiger partial charge in [-0.2, -0.15) is 0 Å². The fourth-order valence-corrected chi connectivity index (χ4v) is 2.71. The number of carbonyl (C=O) groups is 1. The summed E-state index contributed by atoms with van der Waals surface area (Å²) in [6.45, 7) is 1.58. The van der Waals surface area contributed by atoms with Gasteiger partial charge in [0.2, 0.25) is 0 Å². The molecule has 108 valence electrons. The van der Waals surface area contributed by atoms with Gasteiger partial charge in [0.25, 0.3) is 5.56 Å². The fourth-order valence-electron chi connectivity index (χ4n) is 2.71. The van der Waals surface area contributed by atoms with Crippen LogP contribution in [0.1, 0.15) is 15.9 Å². The van der Waals surface area contributed by atoms with E-state index in [0.717, 1.165) is 0 Å². The van der Waals surface area contributed by atoms with Crippen LogP contribution in [-0.4, -0.2) is 35.2 Å². The molecule has 2 aromatic rings. The number of hydrogen-bond donors (Lipinski definition) is 1. The van der Waals surface area contributed by atoms with Gasteiger partial charge in [-0.1, -0.05) is 30.3 Å². The van der Waals surface area contributed by atoms with Gasteiger partial charge in [0, 0.05) is 31.3 Å². The topological polar surface area (TPSA) is 62.5 Å². The lowest BCUT2D eigenvalue weighted by molar-refractivity contribution is 0.103. The van der Waals surface area contributed by atoms with E-state index in [-0.39, 0.29) is 17.9 Å². The second-order valence-electron chi connectivity index (χ2n) is 4.97. The average Bonchev–Trinajstić information content (AvgIpc) is 2.93. The summed E-state index contributed by atoms with van der Waals surface area (Å²) in [5.74, 6) is 0.509. The summed E-state index contributed by atoms with van der Waals surface area (Å²) in [6.07, 6.45) is 0. The molecule has 0 saturated carbocycles. The Balaban J connectivity index is 2.10. The van der Waals surface area contributed by atoms with Crippen LogP contribution in [0, 0.1) is 0 Å².